The van der Waals surface area contributed by atoms with Crippen LogP contribution in [0.3, 0.4) is 0 Å². The van der Waals surface area contributed by atoms with E-state index in [0.717, 1.165) is 0 Å². The van der Waals surface area contributed by atoms with Crippen molar-refractivity contribution in [1.82, 2.24) is 5.01 Å². The second kappa shape index (κ2) is 3.23. The van der Waals surface area contributed by atoms with Gasteiger partial charge in [-0.05, 0) is 0 Å². The normalized spacial score (nSPS) is 26.9. The number of carboxylic acid groups (broad SMARTS) is 1. The monoisotopic (exact) mass is 194 g/mol. The summed E-state index contributed by atoms with van der Waals surface area (Å²) < 4.78 is 25.4. The first-order chi connectivity index (χ1) is 5.96. The standard InChI is InChI=1S/C6H8F2N2O3/c7-6(8)1-2-10(9-13)4(3-6)5(11)12/h4H,1-3H2,(H,11,12). The number of carboxylic acids is 1. The summed E-state index contributed by atoms with van der Waals surface area (Å²) in [5.41, 5.74) is 0. The molecule has 1 atom stereocenters. The second-order valence-corrected chi connectivity index (χ2v) is 2.91. The molecule has 0 radical (unpaired) electrons. The maximum atomic E-state index is 12.7. The Labute approximate surface area is 72.3 Å². The van der Waals surface area contributed by atoms with Crippen LogP contribution in [-0.2, 0) is 4.79 Å². The van der Waals surface area contributed by atoms with Gasteiger partial charge in [0.15, 0.2) is 6.04 Å². The maximum Gasteiger partial charge on any atom is 0.328 e. The molecule has 0 aliphatic carbocycles. The SMILES string of the molecule is O=NN1CCC(F)(F)CC1C(=O)O. The smallest absolute Gasteiger partial charge is 0.328 e. The summed E-state index contributed by atoms with van der Waals surface area (Å²) in [6.07, 6.45) is -1.38. The lowest BCUT2D eigenvalue weighted by Crippen LogP contribution is -2.48. The maximum absolute atomic E-state index is 12.7. The highest BCUT2D eigenvalue weighted by molar-refractivity contribution is 5.73. The molecule has 0 aromatic rings. The number of carbonyl (C=O) groups is 1. The Morgan fingerprint density at radius 3 is 2.69 bits per heavy atom. The molecule has 13 heavy (non-hydrogen) atoms. The number of rotatable bonds is 2. The van der Waals surface area contributed by atoms with Gasteiger partial charge in [0.2, 0.25) is 0 Å². The number of alkyl halides is 2. The first kappa shape index (κ1) is 9.82. The fourth-order valence-electron chi connectivity index (χ4n) is 1.24. The Kier molecular flexibility index (Phi) is 2.44. The van der Waals surface area contributed by atoms with Gasteiger partial charge in [-0.25, -0.2) is 18.6 Å². The van der Waals surface area contributed by atoms with E-state index in [0.29, 0.717) is 5.01 Å². The second-order valence-electron chi connectivity index (χ2n) is 2.91. The van der Waals surface area contributed by atoms with E-state index in [-0.39, 0.29) is 6.54 Å². The molecule has 1 saturated heterocycles. The number of nitroso groups, excluding NO2 is 1. The van der Waals surface area contributed by atoms with E-state index in [1.165, 1.54) is 0 Å². The van der Waals surface area contributed by atoms with Crippen molar-refractivity contribution in [3.8, 4) is 0 Å². The van der Waals surface area contributed by atoms with E-state index in [1.54, 1.807) is 0 Å². The summed E-state index contributed by atoms with van der Waals surface area (Å²) in [5, 5.41) is 11.5. The van der Waals surface area contributed by atoms with Gasteiger partial charge in [-0.15, -0.1) is 4.91 Å². The molecular weight excluding hydrogens is 186 g/mol. The average molecular weight is 194 g/mol. The van der Waals surface area contributed by atoms with Crippen molar-refractivity contribution in [1.29, 1.82) is 0 Å². The molecule has 0 aromatic carbocycles. The third-order valence-corrected chi connectivity index (χ3v) is 1.95. The van der Waals surface area contributed by atoms with E-state index in [4.69, 9.17) is 5.11 Å². The molecule has 0 aromatic heterocycles. The zero-order chi connectivity index (χ0) is 10.1. The van der Waals surface area contributed by atoms with Crippen molar-refractivity contribution < 1.29 is 18.7 Å². The largest absolute Gasteiger partial charge is 0.480 e. The molecule has 0 spiro atoms. The minimum Gasteiger partial charge on any atom is -0.480 e. The van der Waals surface area contributed by atoms with E-state index in [1.807, 2.05) is 0 Å². The van der Waals surface area contributed by atoms with Crippen LogP contribution in [-0.4, -0.2) is 34.6 Å². The van der Waals surface area contributed by atoms with Crippen molar-refractivity contribution in [2.75, 3.05) is 6.54 Å². The molecule has 0 amide bonds. The topological polar surface area (TPSA) is 70.0 Å². The number of nitrogens with zero attached hydrogens (tertiary/aromatic N) is 2. The van der Waals surface area contributed by atoms with Crippen molar-refractivity contribution in [2.45, 2.75) is 24.8 Å². The minimum atomic E-state index is -3.01. The highest BCUT2D eigenvalue weighted by atomic mass is 19.3. The highest BCUT2D eigenvalue weighted by Gasteiger charge is 2.44. The zero-order valence-electron chi connectivity index (χ0n) is 6.61. The minimum absolute atomic E-state index is 0.312. The lowest BCUT2D eigenvalue weighted by atomic mass is 10.0. The van der Waals surface area contributed by atoms with Gasteiger partial charge in [-0.3, -0.25) is 0 Å². The molecular formula is C6H8F2N2O3. The Morgan fingerprint density at radius 1 is 1.62 bits per heavy atom. The van der Waals surface area contributed by atoms with Gasteiger partial charge in [-0.2, -0.15) is 0 Å². The summed E-state index contributed by atoms with van der Waals surface area (Å²) in [7, 11) is 0. The molecule has 1 aliphatic rings. The van der Waals surface area contributed by atoms with Crippen LogP contribution in [0.5, 0.6) is 0 Å². The average Bonchev–Trinajstić information content (AvgIpc) is 2.03. The molecule has 7 heteroatoms. The van der Waals surface area contributed by atoms with Gasteiger partial charge in [0.05, 0.1) is 5.29 Å². The summed E-state index contributed by atoms with van der Waals surface area (Å²) in [5.74, 6) is -4.46. The summed E-state index contributed by atoms with van der Waals surface area (Å²) in [6, 6.07) is -1.50. The fourth-order valence-corrected chi connectivity index (χ4v) is 1.24. The first-order valence-electron chi connectivity index (χ1n) is 3.67. The zero-order valence-corrected chi connectivity index (χ0v) is 6.61. The number of hydrogen-bond donors (Lipinski definition) is 1. The lowest BCUT2D eigenvalue weighted by molar-refractivity contribution is -0.153. The van der Waals surface area contributed by atoms with Crippen LogP contribution >= 0.6 is 0 Å². The van der Waals surface area contributed by atoms with Crippen LogP contribution in [0.1, 0.15) is 12.8 Å². The molecule has 0 saturated carbocycles. The number of piperidine rings is 1. The molecule has 1 unspecified atom stereocenters. The van der Waals surface area contributed by atoms with E-state index in [9.17, 15) is 18.5 Å². The number of halogens is 2. The predicted octanol–water partition coefficient (Wildman–Crippen LogP) is 0.852. The van der Waals surface area contributed by atoms with Gasteiger partial charge in [0.1, 0.15) is 0 Å². The lowest BCUT2D eigenvalue weighted by Gasteiger charge is -2.32. The third-order valence-electron chi connectivity index (χ3n) is 1.95. The Balaban J connectivity index is 2.74. The molecule has 74 valence electrons. The van der Waals surface area contributed by atoms with E-state index in [2.05, 4.69) is 5.29 Å². The predicted molar refractivity (Wildman–Crippen MR) is 38.1 cm³/mol. The fraction of sp³-hybridized carbons (Fsp3) is 0.833. The quantitative estimate of drug-likeness (QED) is 0.661. The van der Waals surface area contributed by atoms with Crippen LogP contribution in [0.25, 0.3) is 0 Å². The molecule has 1 N–H and O–H groups in total. The Morgan fingerprint density at radius 2 is 2.23 bits per heavy atom. The molecule has 1 rings (SSSR count). The summed E-state index contributed by atoms with van der Waals surface area (Å²) in [6.45, 7) is -0.312. The summed E-state index contributed by atoms with van der Waals surface area (Å²) in [4.78, 5) is 20.5. The van der Waals surface area contributed by atoms with Crippen molar-refractivity contribution in [3.05, 3.63) is 4.91 Å². The van der Waals surface area contributed by atoms with Gasteiger partial charge in [0.25, 0.3) is 5.92 Å². The molecule has 5 nitrogen and oxygen atoms in total. The third kappa shape index (κ3) is 2.10. The van der Waals surface area contributed by atoms with Crippen LogP contribution in [0, 0.1) is 4.91 Å². The number of hydrogen-bond acceptors (Lipinski definition) is 3. The van der Waals surface area contributed by atoms with Crippen molar-refractivity contribution in [3.63, 3.8) is 0 Å². The Hall–Kier alpha value is -1.27. The first-order valence-corrected chi connectivity index (χ1v) is 3.67. The molecule has 1 aliphatic heterocycles. The molecule has 1 heterocycles. The Bertz CT molecular complexity index is 234. The number of aliphatic carboxylic acids is 1. The van der Waals surface area contributed by atoms with Gasteiger partial charge < -0.3 is 5.11 Å². The van der Waals surface area contributed by atoms with Crippen molar-refractivity contribution in [2.24, 2.45) is 5.29 Å². The van der Waals surface area contributed by atoms with Crippen LogP contribution < -0.4 is 0 Å². The van der Waals surface area contributed by atoms with E-state index < -0.39 is 30.8 Å². The van der Waals surface area contributed by atoms with Crippen LogP contribution in [0.15, 0.2) is 5.29 Å². The van der Waals surface area contributed by atoms with Gasteiger partial charge >= 0.3 is 5.97 Å². The molecule has 0 bridgehead atoms. The highest BCUT2D eigenvalue weighted by Crippen LogP contribution is 2.31. The van der Waals surface area contributed by atoms with Crippen LogP contribution in [0.4, 0.5) is 8.78 Å². The van der Waals surface area contributed by atoms with Gasteiger partial charge in [-0.1, -0.05) is 0 Å². The van der Waals surface area contributed by atoms with Crippen LogP contribution in [0.2, 0.25) is 0 Å². The van der Waals surface area contributed by atoms with Crippen molar-refractivity contribution >= 4 is 5.97 Å². The summed E-state index contributed by atoms with van der Waals surface area (Å²) >= 11 is 0. The molecule has 1 fully saturated rings. The van der Waals surface area contributed by atoms with Gasteiger partial charge in [0, 0.05) is 19.4 Å². The van der Waals surface area contributed by atoms with E-state index >= 15 is 0 Å².